The summed E-state index contributed by atoms with van der Waals surface area (Å²) in [5, 5.41) is 10.1. The van der Waals surface area contributed by atoms with Crippen LogP contribution in [0.1, 0.15) is 42.1 Å². The lowest BCUT2D eigenvalue weighted by Gasteiger charge is -2.11. The van der Waals surface area contributed by atoms with E-state index in [0.717, 1.165) is 18.4 Å². The third-order valence-electron chi connectivity index (χ3n) is 4.29. The molecule has 1 fully saturated rings. The molecule has 9 heteroatoms. The predicted molar refractivity (Wildman–Crippen MR) is 103 cm³/mol. The molecule has 1 aromatic carbocycles. The van der Waals surface area contributed by atoms with Gasteiger partial charge in [-0.3, -0.25) is 4.68 Å². The van der Waals surface area contributed by atoms with Gasteiger partial charge in [-0.1, -0.05) is 41.9 Å². The Morgan fingerprint density at radius 3 is 2.56 bits per heavy atom. The minimum atomic E-state index is -4.53. The molecule has 27 heavy (non-hydrogen) atoms. The summed E-state index contributed by atoms with van der Waals surface area (Å²) in [6.45, 7) is 1.50. The fourth-order valence-electron chi connectivity index (χ4n) is 2.82. The van der Waals surface area contributed by atoms with Crippen LogP contribution in [0.4, 0.5) is 13.2 Å². The predicted octanol–water partition coefficient (Wildman–Crippen LogP) is 4.49. The highest BCUT2D eigenvalue weighted by Crippen LogP contribution is 2.46. The maximum atomic E-state index is 13.0. The van der Waals surface area contributed by atoms with Crippen LogP contribution >= 0.6 is 23.8 Å². The molecular formula is C18H20ClF3N4S. The van der Waals surface area contributed by atoms with Crippen molar-refractivity contribution in [3.63, 3.8) is 0 Å². The molecule has 2 aromatic rings. The Hall–Kier alpha value is -1.80. The maximum absolute atomic E-state index is 13.0. The van der Waals surface area contributed by atoms with Crippen LogP contribution in [-0.2, 0) is 19.3 Å². The van der Waals surface area contributed by atoms with Crippen molar-refractivity contribution in [2.24, 2.45) is 0 Å². The molecule has 1 heterocycles. The number of thiocarbonyl (C=S) groups is 1. The molecule has 2 N–H and O–H groups in total. The molecular weight excluding hydrogens is 397 g/mol. The summed E-state index contributed by atoms with van der Waals surface area (Å²) < 4.78 is 40.5. The third kappa shape index (κ3) is 5.35. The van der Waals surface area contributed by atoms with Gasteiger partial charge >= 0.3 is 6.18 Å². The van der Waals surface area contributed by atoms with Crippen molar-refractivity contribution in [3.8, 4) is 0 Å². The zero-order valence-electron chi connectivity index (χ0n) is 14.5. The Bertz CT molecular complexity index is 788. The van der Waals surface area contributed by atoms with Crippen LogP contribution < -0.4 is 10.6 Å². The van der Waals surface area contributed by atoms with Gasteiger partial charge in [0.25, 0.3) is 0 Å². The minimum absolute atomic E-state index is 0.0858. The molecule has 1 aliphatic carbocycles. The first-order valence-electron chi connectivity index (χ1n) is 8.75. The second-order valence-electron chi connectivity index (χ2n) is 6.49. The van der Waals surface area contributed by atoms with E-state index in [1.165, 1.54) is 4.68 Å². The number of hydrogen-bond acceptors (Lipinski definition) is 2. The first-order chi connectivity index (χ1) is 12.9. The van der Waals surface area contributed by atoms with Crippen molar-refractivity contribution >= 4 is 28.9 Å². The Kier molecular flexibility index (Phi) is 6.26. The monoisotopic (exact) mass is 416 g/mol. The number of hydrogen-bond donors (Lipinski definition) is 2. The van der Waals surface area contributed by atoms with Crippen LogP contribution in [0.5, 0.6) is 0 Å². The van der Waals surface area contributed by atoms with Crippen molar-refractivity contribution in [2.75, 3.05) is 6.54 Å². The van der Waals surface area contributed by atoms with E-state index in [2.05, 4.69) is 15.7 Å². The van der Waals surface area contributed by atoms with Crippen molar-refractivity contribution < 1.29 is 13.2 Å². The van der Waals surface area contributed by atoms with Crippen LogP contribution in [0.25, 0.3) is 0 Å². The first kappa shape index (κ1) is 19.9. The summed E-state index contributed by atoms with van der Waals surface area (Å²) in [4.78, 5) is 0. The van der Waals surface area contributed by atoms with Crippen LogP contribution in [-0.4, -0.2) is 21.4 Å². The summed E-state index contributed by atoms with van der Waals surface area (Å²) in [6, 6.07) is 9.84. The Balaban J connectivity index is 1.48. The molecule has 1 aliphatic rings. The maximum Gasteiger partial charge on any atom is 0.436 e. The topological polar surface area (TPSA) is 41.9 Å². The van der Waals surface area contributed by atoms with Gasteiger partial charge in [0.05, 0.1) is 10.7 Å². The summed E-state index contributed by atoms with van der Waals surface area (Å²) in [6.07, 6.45) is -2.24. The molecule has 0 saturated heterocycles. The van der Waals surface area contributed by atoms with Crippen LogP contribution in [0.2, 0.25) is 5.02 Å². The second-order valence-corrected chi connectivity index (χ2v) is 7.28. The fourth-order valence-corrected chi connectivity index (χ4v) is 3.39. The number of aromatic nitrogens is 2. The van der Waals surface area contributed by atoms with E-state index in [1.54, 1.807) is 0 Å². The molecule has 0 radical (unpaired) electrons. The lowest BCUT2D eigenvalue weighted by Crippen LogP contribution is -2.35. The lowest BCUT2D eigenvalue weighted by molar-refractivity contribution is -0.141. The molecule has 0 unspecified atom stereocenters. The van der Waals surface area contributed by atoms with Gasteiger partial charge in [0.1, 0.15) is 0 Å². The van der Waals surface area contributed by atoms with E-state index >= 15 is 0 Å². The average Bonchev–Trinajstić information content (AvgIpc) is 3.40. The summed E-state index contributed by atoms with van der Waals surface area (Å²) >= 11 is 11.2. The molecule has 1 saturated carbocycles. The summed E-state index contributed by atoms with van der Waals surface area (Å²) in [5.41, 5.74) is 0.634. The standard InChI is InChI=1S/C18H20ClF3N4S/c19-14-15(13-7-8-13)26(25-16(14)18(20,21)22)10-4-9-23-17(27)24-11-12-5-2-1-3-6-12/h1-3,5-6,13H,4,7-11H2,(H2,23,24,27). The SMILES string of the molecule is FC(F)(F)c1nn(CCCNC(=S)NCc2ccccc2)c(C2CC2)c1Cl. The van der Waals surface area contributed by atoms with Gasteiger partial charge in [0.15, 0.2) is 10.8 Å². The van der Waals surface area contributed by atoms with Crippen molar-refractivity contribution in [1.29, 1.82) is 0 Å². The quantitative estimate of drug-likeness (QED) is 0.515. The number of benzene rings is 1. The number of halogens is 4. The number of alkyl halides is 3. The van der Waals surface area contributed by atoms with Gasteiger partial charge in [-0.05, 0) is 37.0 Å². The van der Waals surface area contributed by atoms with Crippen molar-refractivity contribution in [3.05, 3.63) is 52.3 Å². The van der Waals surface area contributed by atoms with Crippen LogP contribution in [0, 0.1) is 0 Å². The highest BCUT2D eigenvalue weighted by Gasteiger charge is 2.41. The van der Waals surface area contributed by atoms with Gasteiger partial charge in [-0.25, -0.2) is 0 Å². The molecule has 0 spiro atoms. The summed E-state index contributed by atoms with van der Waals surface area (Å²) in [7, 11) is 0. The lowest BCUT2D eigenvalue weighted by atomic mass is 10.2. The summed E-state index contributed by atoms with van der Waals surface area (Å²) in [5.74, 6) is 0.0858. The number of aryl methyl sites for hydroxylation is 1. The van der Waals surface area contributed by atoms with Gasteiger partial charge in [0, 0.05) is 25.6 Å². The van der Waals surface area contributed by atoms with Crippen LogP contribution in [0.3, 0.4) is 0 Å². The number of nitrogens with zero attached hydrogens (tertiary/aromatic N) is 2. The number of nitrogens with one attached hydrogen (secondary N) is 2. The second kappa shape index (κ2) is 8.48. The average molecular weight is 417 g/mol. The smallest absolute Gasteiger partial charge is 0.363 e. The van der Waals surface area contributed by atoms with Crippen molar-refractivity contribution in [2.45, 2.75) is 44.4 Å². The number of rotatable bonds is 7. The van der Waals surface area contributed by atoms with E-state index in [4.69, 9.17) is 23.8 Å². The molecule has 4 nitrogen and oxygen atoms in total. The normalized spacial score (nSPS) is 14.2. The van der Waals surface area contributed by atoms with E-state index in [0.29, 0.717) is 36.9 Å². The van der Waals surface area contributed by atoms with Crippen LogP contribution in [0.15, 0.2) is 30.3 Å². The molecule has 3 rings (SSSR count). The minimum Gasteiger partial charge on any atom is -0.363 e. The largest absolute Gasteiger partial charge is 0.436 e. The first-order valence-corrected chi connectivity index (χ1v) is 9.54. The van der Waals surface area contributed by atoms with Gasteiger partial charge < -0.3 is 10.6 Å². The highest BCUT2D eigenvalue weighted by atomic mass is 35.5. The van der Waals surface area contributed by atoms with E-state index in [1.807, 2.05) is 30.3 Å². The van der Waals surface area contributed by atoms with Gasteiger partial charge in [0.2, 0.25) is 0 Å². The van der Waals surface area contributed by atoms with E-state index in [-0.39, 0.29) is 10.9 Å². The third-order valence-corrected chi connectivity index (χ3v) is 4.95. The molecule has 0 aliphatic heterocycles. The zero-order valence-corrected chi connectivity index (χ0v) is 16.1. The fraction of sp³-hybridized carbons (Fsp3) is 0.444. The van der Waals surface area contributed by atoms with E-state index in [9.17, 15) is 13.2 Å². The molecule has 0 bridgehead atoms. The van der Waals surface area contributed by atoms with Crippen molar-refractivity contribution in [1.82, 2.24) is 20.4 Å². The molecule has 0 amide bonds. The molecule has 1 aromatic heterocycles. The zero-order chi connectivity index (χ0) is 19.4. The van der Waals surface area contributed by atoms with E-state index < -0.39 is 11.9 Å². The molecule has 146 valence electrons. The highest BCUT2D eigenvalue weighted by molar-refractivity contribution is 7.80. The molecule has 0 atom stereocenters. The van der Waals surface area contributed by atoms with Gasteiger partial charge in [-0.2, -0.15) is 18.3 Å². The Morgan fingerprint density at radius 2 is 1.93 bits per heavy atom. The Labute approximate surface area is 166 Å². The Morgan fingerprint density at radius 1 is 1.22 bits per heavy atom. The van der Waals surface area contributed by atoms with Gasteiger partial charge in [-0.15, -0.1) is 0 Å².